The van der Waals surface area contributed by atoms with Gasteiger partial charge in [-0.25, -0.2) is 10.5 Å². The third-order valence-electron chi connectivity index (χ3n) is 2.86. The van der Waals surface area contributed by atoms with Crippen molar-refractivity contribution in [1.82, 2.24) is 15.4 Å². The highest BCUT2D eigenvalue weighted by Gasteiger charge is 2.02. The summed E-state index contributed by atoms with van der Waals surface area (Å²) in [4.78, 5) is 18.7. The van der Waals surface area contributed by atoms with Crippen molar-refractivity contribution in [3.8, 4) is 0 Å². The summed E-state index contributed by atoms with van der Waals surface area (Å²) in [5, 5.41) is 8.40. The second-order valence-electron chi connectivity index (χ2n) is 4.37. The first-order chi connectivity index (χ1) is 9.22. The van der Waals surface area contributed by atoms with Crippen LogP contribution in [0.3, 0.4) is 0 Å². The summed E-state index contributed by atoms with van der Waals surface area (Å²) in [5.41, 5.74) is 4.31. The molecule has 1 aromatic carbocycles. The summed E-state index contributed by atoms with van der Waals surface area (Å²) in [7, 11) is 0. The van der Waals surface area contributed by atoms with Gasteiger partial charge in [0.25, 0.3) is 5.91 Å². The van der Waals surface area contributed by atoms with Gasteiger partial charge in [-0.05, 0) is 30.2 Å². The Kier molecular flexibility index (Phi) is 4.30. The van der Waals surface area contributed by atoms with Gasteiger partial charge in [0, 0.05) is 12.5 Å². The van der Waals surface area contributed by atoms with Crippen molar-refractivity contribution in [2.24, 2.45) is 0 Å². The highest BCUT2D eigenvalue weighted by molar-refractivity contribution is 5.91. The lowest BCUT2D eigenvalue weighted by atomic mass is 10.2. The van der Waals surface area contributed by atoms with Gasteiger partial charge >= 0.3 is 0 Å². The van der Waals surface area contributed by atoms with Gasteiger partial charge < -0.3 is 4.98 Å². The molecular weight excluding hydrogens is 242 g/mol. The van der Waals surface area contributed by atoms with Crippen LogP contribution in [0, 0.1) is 0 Å². The fraction of sp³-hybridized carbons (Fsp3) is 0.286. The number of nitrogens with zero attached hydrogens (tertiary/aromatic N) is 1. The van der Waals surface area contributed by atoms with Gasteiger partial charge in [0.2, 0.25) is 0 Å². The molecule has 5 heteroatoms. The van der Waals surface area contributed by atoms with Gasteiger partial charge in [-0.3, -0.25) is 10.0 Å². The second-order valence-corrected chi connectivity index (χ2v) is 4.37. The van der Waals surface area contributed by atoms with Crippen LogP contribution in [0.1, 0.15) is 31.2 Å². The molecule has 0 unspecified atom stereocenters. The van der Waals surface area contributed by atoms with Crippen LogP contribution < -0.4 is 5.48 Å². The Morgan fingerprint density at radius 3 is 3.11 bits per heavy atom. The molecule has 0 saturated heterocycles. The lowest BCUT2D eigenvalue weighted by molar-refractivity contribution is -0.124. The molecule has 0 spiro atoms. The number of unbranched alkanes of at least 4 members (excludes halogenated alkanes) is 1. The van der Waals surface area contributed by atoms with E-state index >= 15 is 0 Å². The first-order valence-electron chi connectivity index (χ1n) is 6.33. The number of carbonyl (C=O) groups is 1. The summed E-state index contributed by atoms with van der Waals surface area (Å²) >= 11 is 0. The predicted octanol–water partition coefficient (Wildman–Crippen LogP) is 2.42. The fourth-order valence-corrected chi connectivity index (χ4v) is 1.86. The van der Waals surface area contributed by atoms with Crippen LogP contribution in [0.25, 0.3) is 17.1 Å². The van der Waals surface area contributed by atoms with E-state index in [0.29, 0.717) is 0 Å². The lowest BCUT2D eigenvalue weighted by Gasteiger charge is -1.93. The summed E-state index contributed by atoms with van der Waals surface area (Å²) < 4.78 is 0. The molecule has 1 aromatic heterocycles. The van der Waals surface area contributed by atoms with E-state index in [-0.39, 0.29) is 0 Å². The van der Waals surface area contributed by atoms with E-state index in [9.17, 15) is 4.79 Å². The van der Waals surface area contributed by atoms with E-state index < -0.39 is 5.91 Å². The number of hydroxylamine groups is 1. The summed E-state index contributed by atoms with van der Waals surface area (Å²) in [6.07, 6.45) is 6.11. The molecule has 0 radical (unpaired) electrons. The number of carbonyl (C=O) groups excluding carboxylic acids is 1. The van der Waals surface area contributed by atoms with Crippen molar-refractivity contribution in [1.29, 1.82) is 0 Å². The quantitative estimate of drug-likeness (QED) is 0.438. The zero-order valence-corrected chi connectivity index (χ0v) is 10.8. The number of benzene rings is 1. The first kappa shape index (κ1) is 13.3. The topological polar surface area (TPSA) is 78.0 Å². The van der Waals surface area contributed by atoms with Crippen molar-refractivity contribution < 1.29 is 10.0 Å². The molecule has 1 heterocycles. The minimum atomic E-state index is -0.548. The maximum absolute atomic E-state index is 10.9. The lowest BCUT2D eigenvalue weighted by Crippen LogP contribution is -2.14. The molecular formula is C14H17N3O2. The van der Waals surface area contributed by atoms with Crippen molar-refractivity contribution in [3.63, 3.8) is 0 Å². The number of hydrogen-bond acceptors (Lipinski definition) is 3. The van der Waals surface area contributed by atoms with Crippen LogP contribution in [0.2, 0.25) is 0 Å². The van der Waals surface area contributed by atoms with Crippen LogP contribution in [0.5, 0.6) is 0 Å². The van der Waals surface area contributed by atoms with Crippen molar-refractivity contribution in [2.75, 3.05) is 0 Å². The zero-order chi connectivity index (χ0) is 13.7. The molecule has 0 aliphatic heterocycles. The molecule has 0 atom stereocenters. The first-order valence-corrected chi connectivity index (χ1v) is 6.33. The highest BCUT2D eigenvalue weighted by atomic mass is 16.5. The number of rotatable bonds is 5. The largest absolute Gasteiger partial charge is 0.342 e. The number of hydrogen-bond donors (Lipinski definition) is 3. The molecule has 1 amide bonds. The molecule has 3 N–H and O–H groups in total. The van der Waals surface area contributed by atoms with Crippen LogP contribution >= 0.6 is 0 Å². The van der Waals surface area contributed by atoms with Crippen LogP contribution in [-0.4, -0.2) is 21.1 Å². The van der Waals surface area contributed by atoms with E-state index in [2.05, 4.69) is 16.9 Å². The third-order valence-corrected chi connectivity index (χ3v) is 2.86. The monoisotopic (exact) mass is 259 g/mol. The molecule has 0 aliphatic carbocycles. The number of imidazole rings is 1. The van der Waals surface area contributed by atoms with Crippen molar-refractivity contribution >= 4 is 23.0 Å². The van der Waals surface area contributed by atoms with Gasteiger partial charge in [-0.1, -0.05) is 19.4 Å². The standard InChI is InChI=1S/C14H17N3O2/c1-2-3-4-13-15-11-7-5-10(9-12(11)16-13)6-8-14(18)17-19/h5-9,19H,2-4H2,1H3,(H,15,16)(H,17,18)/b8-6+. The minimum absolute atomic E-state index is 0.548. The number of aromatic amines is 1. The van der Waals surface area contributed by atoms with Crippen molar-refractivity contribution in [3.05, 3.63) is 35.7 Å². The molecule has 0 bridgehead atoms. The number of H-pyrrole nitrogens is 1. The molecule has 2 aromatic rings. The van der Waals surface area contributed by atoms with E-state index in [1.165, 1.54) is 6.08 Å². The average Bonchev–Trinajstić information content (AvgIpc) is 2.84. The second kappa shape index (κ2) is 6.15. The molecule has 2 rings (SSSR count). The van der Waals surface area contributed by atoms with Gasteiger partial charge in [-0.15, -0.1) is 0 Å². The van der Waals surface area contributed by atoms with Crippen molar-refractivity contribution in [2.45, 2.75) is 26.2 Å². The van der Waals surface area contributed by atoms with Gasteiger partial charge in [0.15, 0.2) is 0 Å². The maximum Gasteiger partial charge on any atom is 0.267 e. The van der Waals surface area contributed by atoms with Gasteiger partial charge in [-0.2, -0.15) is 0 Å². The van der Waals surface area contributed by atoms with E-state index in [1.807, 2.05) is 18.2 Å². The van der Waals surface area contributed by atoms with Gasteiger partial charge in [0.1, 0.15) is 5.82 Å². The maximum atomic E-state index is 10.9. The molecule has 19 heavy (non-hydrogen) atoms. The summed E-state index contributed by atoms with van der Waals surface area (Å²) in [6.45, 7) is 2.15. The van der Waals surface area contributed by atoms with Crippen LogP contribution in [0.4, 0.5) is 0 Å². The predicted molar refractivity (Wildman–Crippen MR) is 73.7 cm³/mol. The molecule has 0 saturated carbocycles. The highest BCUT2D eigenvalue weighted by Crippen LogP contribution is 2.15. The fourth-order valence-electron chi connectivity index (χ4n) is 1.86. The molecule has 0 aliphatic rings. The Morgan fingerprint density at radius 2 is 2.37 bits per heavy atom. The Balaban J connectivity index is 2.20. The van der Waals surface area contributed by atoms with Crippen LogP contribution in [0.15, 0.2) is 24.3 Å². The van der Waals surface area contributed by atoms with E-state index in [0.717, 1.165) is 41.7 Å². The Bertz CT molecular complexity index is 602. The Morgan fingerprint density at radius 1 is 1.53 bits per heavy atom. The number of aryl methyl sites for hydroxylation is 1. The summed E-state index contributed by atoms with van der Waals surface area (Å²) in [5.74, 6) is 0.444. The normalized spacial score (nSPS) is 11.3. The zero-order valence-electron chi connectivity index (χ0n) is 10.8. The SMILES string of the molecule is CCCCc1nc2ccc(/C=C/C(=O)NO)cc2[nH]1. The van der Waals surface area contributed by atoms with E-state index in [4.69, 9.17) is 5.21 Å². The Hall–Kier alpha value is -2.14. The summed E-state index contributed by atoms with van der Waals surface area (Å²) in [6, 6.07) is 5.73. The smallest absolute Gasteiger partial charge is 0.267 e. The molecule has 100 valence electrons. The minimum Gasteiger partial charge on any atom is -0.342 e. The third kappa shape index (κ3) is 3.42. The number of fused-ring (bicyclic) bond motifs is 1. The number of aromatic nitrogens is 2. The molecule has 0 fully saturated rings. The van der Waals surface area contributed by atoms with Gasteiger partial charge in [0.05, 0.1) is 11.0 Å². The van der Waals surface area contributed by atoms with E-state index in [1.54, 1.807) is 11.6 Å². The number of nitrogens with one attached hydrogen (secondary N) is 2. The Labute approximate surface area is 111 Å². The number of amides is 1. The van der Waals surface area contributed by atoms with Crippen LogP contribution in [-0.2, 0) is 11.2 Å². The average molecular weight is 259 g/mol. The molecule has 5 nitrogen and oxygen atoms in total.